The van der Waals surface area contributed by atoms with E-state index < -0.39 is 0 Å². The van der Waals surface area contributed by atoms with Gasteiger partial charge in [-0.05, 0) is 19.1 Å². The van der Waals surface area contributed by atoms with Crippen molar-refractivity contribution in [3.8, 4) is 0 Å². The Bertz CT molecular complexity index is 486. The molecule has 0 aromatic carbocycles. The highest BCUT2D eigenvalue weighted by molar-refractivity contribution is 7.98. The first-order chi connectivity index (χ1) is 8.28. The Morgan fingerprint density at radius 3 is 3.00 bits per heavy atom. The second-order valence-electron chi connectivity index (χ2n) is 3.44. The van der Waals surface area contributed by atoms with E-state index in [4.69, 9.17) is 4.42 Å². The largest absolute Gasteiger partial charge is 0.416 e. The van der Waals surface area contributed by atoms with E-state index in [1.165, 1.54) is 11.8 Å². The molecule has 0 aliphatic carbocycles. The molecule has 0 aliphatic rings. The van der Waals surface area contributed by atoms with Crippen LogP contribution in [0.4, 0.5) is 5.69 Å². The van der Waals surface area contributed by atoms with E-state index >= 15 is 0 Å². The molecule has 1 N–H and O–H groups in total. The van der Waals surface area contributed by atoms with E-state index in [0.29, 0.717) is 11.1 Å². The van der Waals surface area contributed by atoms with Gasteiger partial charge >= 0.3 is 0 Å². The van der Waals surface area contributed by atoms with Crippen LogP contribution < -0.4 is 5.32 Å². The van der Waals surface area contributed by atoms with Gasteiger partial charge in [-0.15, -0.1) is 10.2 Å². The summed E-state index contributed by atoms with van der Waals surface area (Å²) in [5.41, 5.74) is 2.07. The Morgan fingerprint density at radius 2 is 2.29 bits per heavy atom. The molecule has 2 aromatic heterocycles. The molecular formula is C11H14N4OS. The molecule has 0 saturated heterocycles. The SMILES string of the molecule is CCNc1ccnc(CSc2nnc(C)o2)c1. The second-order valence-corrected chi connectivity index (χ2v) is 4.37. The lowest BCUT2D eigenvalue weighted by atomic mass is 10.3. The van der Waals surface area contributed by atoms with Gasteiger partial charge < -0.3 is 9.73 Å². The highest BCUT2D eigenvalue weighted by Gasteiger charge is 2.04. The summed E-state index contributed by atoms with van der Waals surface area (Å²) in [6, 6.07) is 3.98. The van der Waals surface area contributed by atoms with Crippen molar-refractivity contribution in [1.29, 1.82) is 0 Å². The van der Waals surface area contributed by atoms with Crippen LogP contribution in [0, 0.1) is 6.92 Å². The minimum atomic E-state index is 0.582. The van der Waals surface area contributed by atoms with Crippen molar-refractivity contribution in [3.05, 3.63) is 29.9 Å². The molecule has 6 heteroatoms. The fraction of sp³-hybridized carbons (Fsp3) is 0.364. The molecule has 17 heavy (non-hydrogen) atoms. The molecule has 5 nitrogen and oxygen atoms in total. The minimum Gasteiger partial charge on any atom is -0.416 e. The summed E-state index contributed by atoms with van der Waals surface area (Å²) in [6.07, 6.45) is 1.80. The van der Waals surface area contributed by atoms with Crippen LogP contribution in [0.1, 0.15) is 18.5 Å². The third kappa shape index (κ3) is 3.45. The quantitative estimate of drug-likeness (QED) is 0.822. The first kappa shape index (κ1) is 11.9. The van der Waals surface area contributed by atoms with Crippen molar-refractivity contribution in [2.24, 2.45) is 0 Å². The molecule has 0 spiro atoms. The highest BCUT2D eigenvalue weighted by Crippen LogP contribution is 2.21. The Hall–Kier alpha value is -1.56. The van der Waals surface area contributed by atoms with E-state index in [1.54, 1.807) is 13.1 Å². The zero-order chi connectivity index (χ0) is 12.1. The summed E-state index contributed by atoms with van der Waals surface area (Å²) in [6.45, 7) is 4.75. The summed E-state index contributed by atoms with van der Waals surface area (Å²) >= 11 is 1.49. The molecule has 0 bridgehead atoms. The number of pyridine rings is 1. The van der Waals surface area contributed by atoms with Gasteiger partial charge in [0.15, 0.2) is 0 Å². The lowest BCUT2D eigenvalue weighted by molar-refractivity contribution is 0.429. The molecule has 0 saturated carbocycles. The third-order valence-corrected chi connectivity index (χ3v) is 2.90. The van der Waals surface area contributed by atoms with Crippen LogP contribution in [0.2, 0.25) is 0 Å². The Balaban J connectivity index is 1.96. The number of hydrogen-bond acceptors (Lipinski definition) is 6. The average Bonchev–Trinajstić information content (AvgIpc) is 2.74. The first-order valence-corrected chi connectivity index (χ1v) is 6.38. The molecule has 0 fully saturated rings. The smallest absolute Gasteiger partial charge is 0.276 e. The van der Waals surface area contributed by atoms with Crippen molar-refractivity contribution in [2.45, 2.75) is 24.8 Å². The van der Waals surface area contributed by atoms with Gasteiger partial charge in [0.2, 0.25) is 5.89 Å². The number of rotatable bonds is 5. The summed E-state index contributed by atoms with van der Waals surface area (Å²) < 4.78 is 5.28. The Kier molecular flexibility index (Phi) is 3.98. The maximum Gasteiger partial charge on any atom is 0.276 e. The maximum absolute atomic E-state index is 5.28. The van der Waals surface area contributed by atoms with Gasteiger partial charge in [-0.25, -0.2) is 0 Å². The van der Waals surface area contributed by atoms with Crippen molar-refractivity contribution in [2.75, 3.05) is 11.9 Å². The summed E-state index contributed by atoms with van der Waals surface area (Å²) in [5, 5.41) is 11.5. The minimum absolute atomic E-state index is 0.582. The van der Waals surface area contributed by atoms with Gasteiger partial charge in [-0.3, -0.25) is 4.98 Å². The van der Waals surface area contributed by atoms with Gasteiger partial charge in [-0.1, -0.05) is 11.8 Å². The monoisotopic (exact) mass is 250 g/mol. The molecule has 0 unspecified atom stereocenters. The van der Waals surface area contributed by atoms with Crippen molar-refractivity contribution in [3.63, 3.8) is 0 Å². The van der Waals surface area contributed by atoms with Gasteiger partial charge in [0.05, 0.1) is 5.69 Å². The van der Waals surface area contributed by atoms with Crippen LogP contribution in [0.25, 0.3) is 0 Å². The van der Waals surface area contributed by atoms with E-state index in [9.17, 15) is 0 Å². The third-order valence-electron chi connectivity index (χ3n) is 2.05. The lowest BCUT2D eigenvalue weighted by Gasteiger charge is -2.04. The van der Waals surface area contributed by atoms with Gasteiger partial charge in [0, 0.05) is 31.1 Å². The molecule has 2 heterocycles. The highest BCUT2D eigenvalue weighted by atomic mass is 32.2. The van der Waals surface area contributed by atoms with Crippen LogP contribution in [0.15, 0.2) is 28.0 Å². The Labute approximate surface area is 104 Å². The molecule has 0 atom stereocenters. The van der Waals surface area contributed by atoms with E-state index in [0.717, 1.165) is 23.7 Å². The molecule has 0 radical (unpaired) electrons. The second kappa shape index (κ2) is 5.67. The van der Waals surface area contributed by atoms with Gasteiger partial charge in [0.25, 0.3) is 5.22 Å². The van der Waals surface area contributed by atoms with Crippen LogP contribution in [-0.4, -0.2) is 21.7 Å². The van der Waals surface area contributed by atoms with Crippen LogP contribution in [0.5, 0.6) is 0 Å². The predicted octanol–water partition coefficient (Wildman–Crippen LogP) is 2.50. The van der Waals surface area contributed by atoms with E-state index in [2.05, 4.69) is 27.4 Å². The number of hydrogen-bond donors (Lipinski definition) is 1. The van der Waals surface area contributed by atoms with Crippen LogP contribution >= 0.6 is 11.8 Å². The molecule has 2 aromatic rings. The van der Waals surface area contributed by atoms with Crippen LogP contribution in [0.3, 0.4) is 0 Å². The Morgan fingerprint density at radius 1 is 1.41 bits per heavy atom. The fourth-order valence-corrected chi connectivity index (χ4v) is 2.05. The number of anilines is 1. The normalized spacial score (nSPS) is 10.5. The summed E-state index contributed by atoms with van der Waals surface area (Å²) in [7, 11) is 0. The number of thioether (sulfide) groups is 1. The summed E-state index contributed by atoms with van der Waals surface area (Å²) in [5.74, 6) is 1.31. The van der Waals surface area contributed by atoms with E-state index in [1.807, 2.05) is 12.1 Å². The zero-order valence-electron chi connectivity index (χ0n) is 9.80. The molecular weight excluding hydrogens is 236 g/mol. The molecule has 90 valence electrons. The van der Waals surface area contributed by atoms with Crippen molar-refractivity contribution in [1.82, 2.24) is 15.2 Å². The molecule has 2 rings (SSSR count). The van der Waals surface area contributed by atoms with Crippen molar-refractivity contribution >= 4 is 17.4 Å². The topological polar surface area (TPSA) is 63.8 Å². The lowest BCUT2D eigenvalue weighted by Crippen LogP contribution is -1.97. The van der Waals surface area contributed by atoms with Gasteiger partial charge in [-0.2, -0.15) is 0 Å². The predicted molar refractivity (Wildman–Crippen MR) is 67.0 cm³/mol. The average molecular weight is 250 g/mol. The summed E-state index contributed by atoms with van der Waals surface area (Å²) in [4.78, 5) is 4.29. The molecule has 0 amide bonds. The van der Waals surface area contributed by atoms with Crippen molar-refractivity contribution < 1.29 is 4.42 Å². The van der Waals surface area contributed by atoms with E-state index in [-0.39, 0.29) is 0 Å². The number of aromatic nitrogens is 3. The number of nitrogens with one attached hydrogen (secondary N) is 1. The number of aryl methyl sites for hydroxylation is 1. The maximum atomic E-state index is 5.28. The number of nitrogens with zero attached hydrogens (tertiary/aromatic N) is 3. The van der Waals surface area contributed by atoms with Gasteiger partial charge in [0.1, 0.15) is 0 Å². The first-order valence-electron chi connectivity index (χ1n) is 5.39. The zero-order valence-corrected chi connectivity index (χ0v) is 10.6. The fourth-order valence-electron chi connectivity index (χ4n) is 1.34. The van der Waals surface area contributed by atoms with Crippen LogP contribution in [-0.2, 0) is 5.75 Å². The molecule has 0 aliphatic heterocycles. The standard InChI is InChI=1S/C11H14N4OS/c1-3-12-9-4-5-13-10(6-9)7-17-11-15-14-8(2)16-11/h4-6H,3,7H2,1-2H3,(H,12,13).